The molecular weight excluding hydrogens is 140 g/mol. The van der Waals surface area contributed by atoms with E-state index in [0.717, 1.165) is 12.8 Å². The van der Waals surface area contributed by atoms with E-state index >= 15 is 0 Å². The Balaban J connectivity index is 2.52. The van der Waals surface area contributed by atoms with Crippen molar-refractivity contribution < 1.29 is 10.2 Å². The van der Waals surface area contributed by atoms with Crippen LogP contribution in [0.15, 0.2) is 0 Å². The van der Waals surface area contributed by atoms with Gasteiger partial charge >= 0.3 is 0 Å². The van der Waals surface area contributed by atoms with Crippen molar-refractivity contribution in [1.29, 1.82) is 0 Å². The van der Waals surface area contributed by atoms with E-state index in [4.69, 9.17) is 5.11 Å². The fraction of sp³-hybridized carbons (Fsp3) is 1.00. The molecule has 0 aliphatic heterocycles. The molecule has 2 unspecified atom stereocenters. The molecule has 2 nitrogen and oxygen atoms in total. The smallest absolute Gasteiger partial charge is 0.0595 e. The van der Waals surface area contributed by atoms with Crippen LogP contribution in [0, 0.1) is 17.8 Å². The number of aliphatic hydroxyl groups excluding tert-OH is 2. The van der Waals surface area contributed by atoms with Crippen molar-refractivity contribution in [3.63, 3.8) is 0 Å². The highest BCUT2D eigenvalue weighted by Gasteiger charge is 2.31. The first-order valence-electron chi connectivity index (χ1n) is 4.44. The van der Waals surface area contributed by atoms with E-state index in [1.807, 2.05) is 0 Å². The van der Waals surface area contributed by atoms with Crippen LogP contribution in [0.3, 0.4) is 0 Å². The summed E-state index contributed by atoms with van der Waals surface area (Å²) in [5, 5.41) is 18.5. The minimum atomic E-state index is -0.279. The largest absolute Gasteiger partial charge is 0.396 e. The SMILES string of the molecule is C[C@@H]1CC(O)C(CO)[C@H](C)C1. The quantitative estimate of drug-likeness (QED) is 0.598. The topological polar surface area (TPSA) is 40.5 Å². The molecule has 4 atom stereocenters. The average molecular weight is 158 g/mol. The molecule has 1 aliphatic rings. The Kier molecular flexibility index (Phi) is 2.90. The second-order valence-corrected chi connectivity index (χ2v) is 3.97. The summed E-state index contributed by atoms with van der Waals surface area (Å²) < 4.78 is 0. The molecule has 2 N–H and O–H groups in total. The Bertz CT molecular complexity index is 113. The number of aliphatic hydroxyl groups is 2. The van der Waals surface area contributed by atoms with E-state index in [-0.39, 0.29) is 18.6 Å². The van der Waals surface area contributed by atoms with Crippen LogP contribution in [0.5, 0.6) is 0 Å². The van der Waals surface area contributed by atoms with Gasteiger partial charge in [0, 0.05) is 12.5 Å². The molecule has 1 aliphatic carbocycles. The summed E-state index contributed by atoms with van der Waals surface area (Å²) in [5.41, 5.74) is 0. The lowest BCUT2D eigenvalue weighted by Gasteiger charge is -2.35. The molecule has 11 heavy (non-hydrogen) atoms. The second-order valence-electron chi connectivity index (χ2n) is 3.97. The molecule has 1 saturated carbocycles. The highest BCUT2D eigenvalue weighted by molar-refractivity contribution is 4.81. The van der Waals surface area contributed by atoms with Crippen molar-refractivity contribution in [3.05, 3.63) is 0 Å². The molecular formula is C9H18O2. The lowest BCUT2D eigenvalue weighted by atomic mass is 9.74. The molecule has 1 rings (SSSR count). The van der Waals surface area contributed by atoms with Gasteiger partial charge in [0.25, 0.3) is 0 Å². The zero-order chi connectivity index (χ0) is 8.43. The van der Waals surface area contributed by atoms with E-state index in [0.29, 0.717) is 11.8 Å². The van der Waals surface area contributed by atoms with Crippen molar-refractivity contribution in [2.45, 2.75) is 32.8 Å². The first kappa shape index (κ1) is 9.01. The predicted octanol–water partition coefficient (Wildman–Crippen LogP) is 1.02. The van der Waals surface area contributed by atoms with E-state index in [9.17, 15) is 5.11 Å². The van der Waals surface area contributed by atoms with Gasteiger partial charge in [-0.2, -0.15) is 0 Å². The van der Waals surface area contributed by atoms with E-state index in [2.05, 4.69) is 13.8 Å². The van der Waals surface area contributed by atoms with Gasteiger partial charge in [0.2, 0.25) is 0 Å². The van der Waals surface area contributed by atoms with Crippen molar-refractivity contribution in [2.24, 2.45) is 17.8 Å². The molecule has 0 bridgehead atoms. The molecule has 0 aromatic rings. The molecule has 66 valence electrons. The summed E-state index contributed by atoms with van der Waals surface area (Å²) in [7, 11) is 0. The molecule has 0 saturated heterocycles. The molecule has 0 heterocycles. The van der Waals surface area contributed by atoms with Crippen molar-refractivity contribution in [2.75, 3.05) is 6.61 Å². The van der Waals surface area contributed by atoms with Crippen LogP contribution in [0.4, 0.5) is 0 Å². The maximum atomic E-state index is 9.55. The molecule has 2 heteroatoms. The fourth-order valence-corrected chi connectivity index (χ4v) is 2.17. The van der Waals surface area contributed by atoms with Crippen LogP contribution in [0.25, 0.3) is 0 Å². The van der Waals surface area contributed by atoms with Crippen LogP contribution >= 0.6 is 0 Å². The number of hydrogen-bond donors (Lipinski definition) is 2. The number of hydrogen-bond acceptors (Lipinski definition) is 2. The summed E-state index contributed by atoms with van der Waals surface area (Å²) in [6.07, 6.45) is 1.72. The van der Waals surface area contributed by atoms with Gasteiger partial charge in [-0.15, -0.1) is 0 Å². The summed E-state index contributed by atoms with van der Waals surface area (Å²) in [5.74, 6) is 1.20. The summed E-state index contributed by atoms with van der Waals surface area (Å²) in [4.78, 5) is 0. The Morgan fingerprint density at radius 3 is 2.36 bits per heavy atom. The highest BCUT2D eigenvalue weighted by atomic mass is 16.3. The minimum Gasteiger partial charge on any atom is -0.396 e. The average Bonchev–Trinajstić information content (AvgIpc) is 1.85. The zero-order valence-electron chi connectivity index (χ0n) is 7.33. The molecule has 0 amide bonds. The summed E-state index contributed by atoms with van der Waals surface area (Å²) in [6.45, 7) is 4.40. The summed E-state index contributed by atoms with van der Waals surface area (Å²) in [6, 6.07) is 0. The Morgan fingerprint density at radius 1 is 1.27 bits per heavy atom. The van der Waals surface area contributed by atoms with Crippen molar-refractivity contribution in [1.82, 2.24) is 0 Å². The maximum Gasteiger partial charge on any atom is 0.0595 e. The van der Waals surface area contributed by atoms with E-state index in [1.165, 1.54) is 0 Å². The Morgan fingerprint density at radius 2 is 1.91 bits per heavy atom. The van der Waals surface area contributed by atoms with Gasteiger partial charge in [-0.25, -0.2) is 0 Å². The van der Waals surface area contributed by atoms with Gasteiger partial charge < -0.3 is 10.2 Å². The lowest BCUT2D eigenvalue weighted by Crippen LogP contribution is -2.36. The van der Waals surface area contributed by atoms with Crippen LogP contribution in [-0.4, -0.2) is 22.9 Å². The molecule has 0 aromatic heterocycles. The third kappa shape index (κ3) is 1.94. The molecule has 0 aromatic carbocycles. The van der Waals surface area contributed by atoms with Gasteiger partial charge in [0.15, 0.2) is 0 Å². The van der Waals surface area contributed by atoms with Gasteiger partial charge in [-0.1, -0.05) is 13.8 Å². The lowest BCUT2D eigenvalue weighted by molar-refractivity contribution is -0.0117. The predicted molar refractivity (Wildman–Crippen MR) is 44.1 cm³/mol. The van der Waals surface area contributed by atoms with E-state index < -0.39 is 0 Å². The minimum absolute atomic E-state index is 0.117. The third-order valence-electron chi connectivity index (χ3n) is 2.85. The van der Waals surface area contributed by atoms with Crippen LogP contribution in [-0.2, 0) is 0 Å². The highest BCUT2D eigenvalue weighted by Crippen LogP contribution is 2.33. The maximum absolute atomic E-state index is 9.55. The first-order chi connectivity index (χ1) is 5.15. The van der Waals surface area contributed by atoms with Crippen LogP contribution in [0.2, 0.25) is 0 Å². The first-order valence-corrected chi connectivity index (χ1v) is 4.44. The van der Waals surface area contributed by atoms with Gasteiger partial charge in [-0.05, 0) is 24.7 Å². The van der Waals surface area contributed by atoms with Gasteiger partial charge in [0.05, 0.1) is 6.10 Å². The summed E-state index contributed by atoms with van der Waals surface area (Å²) >= 11 is 0. The van der Waals surface area contributed by atoms with Gasteiger partial charge in [0.1, 0.15) is 0 Å². The molecule has 1 fully saturated rings. The van der Waals surface area contributed by atoms with Crippen LogP contribution < -0.4 is 0 Å². The standard InChI is InChI=1S/C9H18O2/c1-6-3-7(2)8(5-10)9(11)4-6/h6-11H,3-5H2,1-2H3/t6-,7+,8?,9?/m0/s1. The Hall–Kier alpha value is -0.0800. The third-order valence-corrected chi connectivity index (χ3v) is 2.85. The Labute approximate surface area is 68.2 Å². The van der Waals surface area contributed by atoms with Crippen molar-refractivity contribution >= 4 is 0 Å². The van der Waals surface area contributed by atoms with Gasteiger partial charge in [-0.3, -0.25) is 0 Å². The van der Waals surface area contributed by atoms with Crippen molar-refractivity contribution in [3.8, 4) is 0 Å². The zero-order valence-corrected chi connectivity index (χ0v) is 7.33. The normalized spacial score (nSPS) is 45.8. The number of rotatable bonds is 1. The molecule has 0 radical (unpaired) electrons. The van der Waals surface area contributed by atoms with E-state index in [1.54, 1.807) is 0 Å². The fourth-order valence-electron chi connectivity index (χ4n) is 2.17. The van der Waals surface area contributed by atoms with Crippen LogP contribution in [0.1, 0.15) is 26.7 Å². The second kappa shape index (κ2) is 3.55. The molecule has 0 spiro atoms. The monoisotopic (exact) mass is 158 g/mol.